The number of rotatable bonds is 15. The minimum atomic E-state index is -1.19. The van der Waals surface area contributed by atoms with E-state index < -0.39 is 47.8 Å². The summed E-state index contributed by atoms with van der Waals surface area (Å²) in [5, 5.41) is 20.8. The summed E-state index contributed by atoms with van der Waals surface area (Å²) in [5.74, 6) is -0.566. The number of thiazole rings is 1. The maximum Gasteiger partial charge on any atom is 0.408 e. The van der Waals surface area contributed by atoms with Gasteiger partial charge in [-0.25, -0.2) is 19.6 Å². The zero-order chi connectivity index (χ0) is 38.8. The van der Waals surface area contributed by atoms with Crippen molar-refractivity contribution in [1.29, 1.82) is 0 Å². The molecule has 6 atom stereocenters. The Morgan fingerprint density at radius 3 is 2.45 bits per heavy atom. The Bertz CT molecular complexity index is 1830. The number of nitrogens with one attached hydrogen (secondary N) is 3. The molecule has 55 heavy (non-hydrogen) atoms. The molecule has 3 amide bonds. The molecule has 4 aromatic rings. The van der Waals surface area contributed by atoms with Crippen molar-refractivity contribution in [3.8, 4) is 11.3 Å². The average Bonchev–Trinajstić information content (AvgIpc) is 3.95. The number of hydrogen-bond acceptors (Lipinski definition) is 12. The molecule has 0 radical (unpaired) electrons. The molecule has 2 saturated heterocycles. The lowest BCUT2D eigenvalue weighted by atomic mass is 9.86. The van der Waals surface area contributed by atoms with Crippen molar-refractivity contribution in [1.82, 2.24) is 31.0 Å². The van der Waals surface area contributed by atoms with Gasteiger partial charge in [-0.15, -0.1) is 11.3 Å². The van der Waals surface area contributed by atoms with Gasteiger partial charge in [0.2, 0.25) is 0 Å². The smallest absolute Gasteiger partial charge is 0.408 e. The van der Waals surface area contributed by atoms with Crippen LogP contribution in [-0.4, -0.2) is 88.5 Å². The van der Waals surface area contributed by atoms with E-state index in [2.05, 4.69) is 26.0 Å². The number of ether oxygens (including phenoxy) is 4. The number of fused-ring (bicyclic) bond motifs is 1. The summed E-state index contributed by atoms with van der Waals surface area (Å²) in [6.45, 7) is 6.30. The lowest BCUT2D eigenvalue weighted by molar-refractivity contribution is -0.131. The summed E-state index contributed by atoms with van der Waals surface area (Å²) in [6.07, 6.45) is -0.759. The molecule has 1 unspecified atom stereocenters. The maximum atomic E-state index is 14.1. The van der Waals surface area contributed by atoms with E-state index in [0.717, 1.165) is 28.8 Å². The number of hydrazine groups is 1. The summed E-state index contributed by atoms with van der Waals surface area (Å²) < 4.78 is 22.4. The van der Waals surface area contributed by atoms with Crippen molar-refractivity contribution in [3.63, 3.8) is 0 Å². The van der Waals surface area contributed by atoms with Gasteiger partial charge in [-0.3, -0.25) is 15.2 Å². The van der Waals surface area contributed by atoms with E-state index in [9.17, 15) is 19.5 Å². The maximum absolute atomic E-state index is 14.1. The van der Waals surface area contributed by atoms with E-state index in [1.807, 2.05) is 93.6 Å². The molecule has 14 nitrogen and oxygen atoms in total. The Kier molecular flexibility index (Phi) is 13.4. The van der Waals surface area contributed by atoms with Crippen LogP contribution in [0.1, 0.15) is 44.0 Å². The summed E-state index contributed by atoms with van der Waals surface area (Å²) >= 11 is 1.39. The normalized spacial score (nSPS) is 19.5. The van der Waals surface area contributed by atoms with Crippen molar-refractivity contribution < 1.29 is 38.4 Å². The van der Waals surface area contributed by atoms with Gasteiger partial charge in [-0.2, -0.15) is 0 Å². The minimum absolute atomic E-state index is 0.0400. The molecule has 4 heterocycles. The molecule has 292 valence electrons. The third-order valence-corrected chi connectivity index (χ3v) is 10.1. The van der Waals surface area contributed by atoms with Gasteiger partial charge in [0.25, 0.3) is 5.91 Å². The van der Waals surface area contributed by atoms with Crippen LogP contribution in [0.25, 0.3) is 11.3 Å². The number of benzene rings is 2. The highest BCUT2D eigenvalue weighted by atomic mass is 32.1. The van der Waals surface area contributed by atoms with Gasteiger partial charge < -0.3 is 34.7 Å². The van der Waals surface area contributed by atoms with Crippen molar-refractivity contribution >= 4 is 29.4 Å². The van der Waals surface area contributed by atoms with Crippen LogP contribution >= 0.6 is 11.3 Å². The molecule has 6 rings (SSSR count). The summed E-state index contributed by atoms with van der Waals surface area (Å²) in [7, 11) is 0. The fourth-order valence-corrected chi connectivity index (χ4v) is 7.11. The van der Waals surface area contributed by atoms with Crippen LogP contribution in [0.3, 0.4) is 0 Å². The van der Waals surface area contributed by atoms with Gasteiger partial charge >= 0.3 is 12.2 Å². The highest BCUT2D eigenvalue weighted by Gasteiger charge is 2.44. The Labute approximate surface area is 324 Å². The van der Waals surface area contributed by atoms with Gasteiger partial charge in [0, 0.05) is 30.2 Å². The van der Waals surface area contributed by atoms with Crippen LogP contribution in [0, 0.1) is 11.3 Å². The first-order chi connectivity index (χ1) is 26.5. The molecule has 2 aromatic carbocycles. The first-order valence-corrected chi connectivity index (χ1v) is 19.2. The molecule has 2 aliphatic heterocycles. The van der Waals surface area contributed by atoms with Gasteiger partial charge in [0.15, 0.2) is 6.29 Å². The third-order valence-electron chi connectivity index (χ3n) is 9.50. The Morgan fingerprint density at radius 2 is 1.75 bits per heavy atom. The quantitative estimate of drug-likeness (QED) is 0.122. The van der Waals surface area contributed by atoms with E-state index in [0.29, 0.717) is 12.3 Å². The second-order valence-corrected chi connectivity index (χ2v) is 15.5. The van der Waals surface area contributed by atoms with Crippen molar-refractivity contribution in [2.24, 2.45) is 11.3 Å². The number of aromatic nitrogens is 2. The Morgan fingerprint density at radius 1 is 0.964 bits per heavy atom. The minimum Gasteiger partial charge on any atom is -0.443 e. The number of nitrogens with zero attached hydrogens (tertiary/aromatic N) is 3. The first-order valence-electron chi connectivity index (χ1n) is 18.3. The molecular formula is C40H48N6O8S. The van der Waals surface area contributed by atoms with Gasteiger partial charge in [-0.05, 0) is 41.5 Å². The number of pyridine rings is 1. The fraction of sp³-hybridized carbons (Fsp3) is 0.425. The monoisotopic (exact) mass is 772 g/mol. The van der Waals surface area contributed by atoms with Crippen molar-refractivity contribution in [2.75, 3.05) is 19.8 Å². The standard InChI is InChI=1S/C40H48N6O8S/c1-40(2,3)35(44-38(49)53-22-29-24-55-25-42-29)36(48)45-46(20-27-12-14-28(15-13-27)31-11-7-8-17-41-31)21-33(47)32(19-26-9-5-4-6-10-26)43-39(50)54-34-23-52-37-30(34)16-18-51-37/h4-15,17,24-25,30,32-35,37,47H,16,18-23H2,1-3H3,(H,43,50)(H,44,49)(H,45,48)/t30-,32-,33-,34-,35?,37+/m0/s1. The zero-order valence-corrected chi connectivity index (χ0v) is 31.9. The zero-order valence-electron chi connectivity index (χ0n) is 31.1. The number of aliphatic hydroxyl groups excluding tert-OH is 1. The van der Waals surface area contributed by atoms with Crippen LogP contribution < -0.4 is 16.1 Å². The molecule has 0 aliphatic carbocycles. The van der Waals surface area contributed by atoms with Crippen LogP contribution in [0.15, 0.2) is 89.9 Å². The summed E-state index contributed by atoms with van der Waals surface area (Å²) in [5.41, 5.74) is 7.91. The number of carbonyl (C=O) groups is 3. The molecule has 0 bridgehead atoms. The highest BCUT2D eigenvalue weighted by Crippen LogP contribution is 2.33. The lowest BCUT2D eigenvalue weighted by Crippen LogP contribution is -2.59. The second kappa shape index (κ2) is 18.6. The summed E-state index contributed by atoms with van der Waals surface area (Å²) in [6, 6.07) is 21.1. The molecule has 2 aromatic heterocycles. The van der Waals surface area contributed by atoms with Crippen LogP contribution in [0.4, 0.5) is 9.59 Å². The average molecular weight is 773 g/mol. The third kappa shape index (κ3) is 11.3. The molecule has 15 heteroatoms. The van der Waals surface area contributed by atoms with Crippen molar-refractivity contribution in [3.05, 3.63) is 107 Å². The molecule has 2 fully saturated rings. The molecular weight excluding hydrogens is 725 g/mol. The van der Waals surface area contributed by atoms with Gasteiger partial charge in [0.05, 0.1) is 48.2 Å². The SMILES string of the molecule is CC(C)(C)C(NC(=O)OCc1cscn1)C(=O)NN(Cc1ccc(-c2ccccn2)cc1)C[C@H](O)[C@H](Cc1ccccc1)NC(=O)O[C@H]1CO[C@H]2OCC[C@H]21. The van der Waals surface area contributed by atoms with E-state index in [1.165, 1.54) is 11.3 Å². The first kappa shape index (κ1) is 39.8. The number of aliphatic hydroxyl groups is 1. The number of amides is 3. The van der Waals surface area contributed by atoms with E-state index in [-0.39, 0.29) is 44.9 Å². The summed E-state index contributed by atoms with van der Waals surface area (Å²) in [4.78, 5) is 48.9. The van der Waals surface area contributed by atoms with Crippen LogP contribution in [-0.2, 0) is 43.3 Å². The number of hydrogen-bond donors (Lipinski definition) is 4. The van der Waals surface area contributed by atoms with Crippen LogP contribution in [0.5, 0.6) is 0 Å². The van der Waals surface area contributed by atoms with Crippen molar-refractivity contribution in [2.45, 2.75) is 77.3 Å². The Balaban J connectivity index is 1.19. The van der Waals surface area contributed by atoms with Gasteiger partial charge in [0.1, 0.15) is 18.8 Å². The predicted octanol–water partition coefficient (Wildman–Crippen LogP) is 4.84. The molecule has 2 aliphatic rings. The molecule has 0 saturated carbocycles. The van der Waals surface area contributed by atoms with Crippen LogP contribution in [0.2, 0.25) is 0 Å². The van der Waals surface area contributed by atoms with E-state index in [4.69, 9.17) is 18.9 Å². The second-order valence-electron chi connectivity index (χ2n) is 14.7. The fourth-order valence-electron chi connectivity index (χ4n) is 6.56. The topological polar surface area (TPSA) is 173 Å². The lowest BCUT2D eigenvalue weighted by Gasteiger charge is -2.34. The predicted molar refractivity (Wildman–Crippen MR) is 204 cm³/mol. The number of alkyl carbamates (subject to hydrolysis) is 2. The number of carbonyl (C=O) groups excluding carboxylic acids is 3. The molecule has 0 spiro atoms. The largest absolute Gasteiger partial charge is 0.443 e. The van der Waals surface area contributed by atoms with E-state index in [1.54, 1.807) is 22.1 Å². The highest BCUT2D eigenvalue weighted by molar-refractivity contribution is 7.07. The Hall–Kier alpha value is -4.93. The van der Waals surface area contributed by atoms with E-state index >= 15 is 0 Å². The molecule has 4 N–H and O–H groups in total. The van der Waals surface area contributed by atoms with Gasteiger partial charge in [-0.1, -0.05) is 81.4 Å².